The van der Waals surface area contributed by atoms with Crippen molar-refractivity contribution in [3.63, 3.8) is 0 Å². The van der Waals surface area contributed by atoms with Gasteiger partial charge in [0.05, 0.1) is 10.7 Å². The van der Waals surface area contributed by atoms with Crippen LogP contribution in [-0.2, 0) is 19.4 Å². The van der Waals surface area contributed by atoms with E-state index in [0.717, 1.165) is 43.3 Å². The second-order valence-corrected chi connectivity index (χ2v) is 5.04. The number of hydrogen-bond donors (Lipinski definition) is 1. The third-order valence-electron chi connectivity index (χ3n) is 3.17. The standard InChI is InChI=1S/C15H21ClN4/c1-4-14-18-15(5-2)20(19-14)13-8-7-11(9-12(13)16)10-17-6-3/h7-9,17H,4-6,10H2,1-3H3. The van der Waals surface area contributed by atoms with Gasteiger partial charge in [-0.05, 0) is 24.2 Å². The van der Waals surface area contributed by atoms with Gasteiger partial charge in [0.1, 0.15) is 5.82 Å². The molecule has 0 unspecified atom stereocenters. The molecular weight excluding hydrogens is 272 g/mol. The fourth-order valence-electron chi connectivity index (χ4n) is 2.06. The largest absolute Gasteiger partial charge is 0.313 e. The van der Waals surface area contributed by atoms with Gasteiger partial charge in [-0.25, -0.2) is 9.67 Å². The number of aryl methyl sites for hydroxylation is 2. The molecule has 2 aromatic rings. The van der Waals surface area contributed by atoms with Gasteiger partial charge in [-0.2, -0.15) is 5.10 Å². The molecule has 0 aliphatic carbocycles. The van der Waals surface area contributed by atoms with Gasteiger partial charge in [0.25, 0.3) is 0 Å². The molecule has 1 aromatic carbocycles. The van der Waals surface area contributed by atoms with Crippen LogP contribution >= 0.6 is 11.6 Å². The van der Waals surface area contributed by atoms with Crippen molar-refractivity contribution >= 4 is 11.6 Å². The summed E-state index contributed by atoms with van der Waals surface area (Å²) in [6, 6.07) is 6.09. The molecule has 4 nitrogen and oxygen atoms in total. The zero-order chi connectivity index (χ0) is 14.5. The molecule has 0 saturated heterocycles. The SMILES string of the molecule is CCNCc1ccc(-n2nc(CC)nc2CC)c(Cl)c1. The number of aromatic nitrogens is 3. The first-order valence-electron chi connectivity index (χ1n) is 7.13. The van der Waals surface area contributed by atoms with E-state index in [2.05, 4.69) is 42.2 Å². The molecule has 0 radical (unpaired) electrons. The minimum absolute atomic E-state index is 0.711. The van der Waals surface area contributed by atoms with Crippen LogP contribution in [0.25, 0.3) is 5.69 Å². The van der Waals surface area contributed by atoms with E-state index in [4.69, 9.17) is 11.6 Å². The summed E-state index contributed by atoms with van der Waals surface area (Å²) in [7, 11) is 0. The smallest absolute Gasteiger partial charge is 0.151 e. The highest BCUT2D eigenvalue weighted by atomic mass is 35.5. The Hall–Kier alpha value is -1.39. The lowest BCUT2D eigenvalue weighted by atomic mass is 10.2. The predicted octanol–water partition coefficient (Wildman–Crippen LogP) is 3.16. The van der Waals surface area contributed by atoms with Crippen LogP contribution in [-0.4, -0.2) is 21.3 Å². The Bertz CT molecular complexity index is 577. The number of nitrogens with zero attached hydrogens (tertiary/aromatic N) is 3. The van der Waals surface area contributed by atoms with E-state index in [0.29, 0.717) is 5.02 Å². The van der Waals surface area contributed by atoms with Crippen molar-refractivity contribution in [2.75, 3.05) is 6.54 Å². The fraction of sp³-hybridized carbons (Fsp3) is 0.467. The normalized spacial score (nSPS) is 11.0. The summed E-state index contributed by atoms with van der Waals surface area (Å²) in [5.41, 5.74) is 2.07. The molecule has 108 valence electrons. The molecule has 2 rings (SSSR count). The van der Waals surface area contributed by atoms with Crippen LogP contribution in [0.4, 0.5) is 0 Å². The van der Waals surface area contributed by atoms with Gasteiger partial charge in [0.2, 0.25) is 0 Å². The average molecular weight is 293 g/mol. The Morgan fingerprint density at radius 2 is 2.00 bits per heavy atom. The minimum Gasteiger partial charge on any atom is -0.313 e. The van der Waals surface area contributed by atoms with Crippen LogP contribution in [0.1, 0.15) is 38.0 Å². The maximum Gasteiger partial charge on any atom is 0.151 e. The topological polar surface area (TPSA) is 42.7 Å². The van der Waals surface area contributed by atoms with Crippen LogP contribution in [0.5, 0.6) is 0 Å². The van der Waals surface area contributed by atoms with Crippen molar-refractivity contribution in [2.24, 2.45) is 0 Å². The van der Waals surface area contributed by atoms with Gasteiger partial charge < -0.3 is 5.32 Å². The number of nitrogens with one attached hydrogen (secondary N) is 1. The Morgan fingerprint density at radius 1 is 1.20 bits per heavy atom. The summed E-state index contributed by atoms with van der Waals surface area (Å²) in [6.45, 7) is 8.00. The molecular formula is C15H21ClN4. The summed E-state index contributed by atoms with van der Waals surface area (Å²) in [6.07, 6.45) is 1.67. The van der Waals surface area contributed by atoms with Crippen molar-refractivity contribution in [3.05, 3.63) is 40.4 Å². The van der Waals surface area contributed by atoms with Crippen LogP contribution < -0.4 is 5.32 Å². The number of rotatable bonds is 6. The third-order valence-corrected chi connectivity index (χ3v) is 3.47. The molecule has 0 fully saturated rings. The maximum atomic E-state index is 6.41. The molecule has 1 N–H and O–H groups in total. The Labute approximate surface area is 125 Å². The molecule has 0 bridgehead atoms. The molecule has 20 heavy (non-hydrogen) atoms. The minimum atomic E-state index is 0.711. The molecule has 0 atom stereocenters. The lowest BCUT2D eigenvalue weighted by Gasteiger charge is -2.09. The molecule has 0 amide bonds. The Balaban J connectivity index is 2.35. The van der Waals surface area contributed by atoms with Gasteiger partial charge in [0.15, 0.2) is 5.82 Å². The number of halogens is 1. The van der Waals surface area contributed by atoms with E-state index < -0.39 is 0 Å². The van der Waals surface area contributed by atoms with Crippen molar-refractivity contribution in [1.29, 1.82) is 0 Å². The van der Waals surface area contributed by atoms with E-state index in [1.807, 2.05) is 16.8 Å². The zero-order valence-corrected chi connectivity index (χ0v) is 13.0. The van der Waals surface area contributed by atoms with Crippen LogP contribution in [0, 0.1) is 0 Å². The monoisotopic (exact) mass is 292 g/mol. The third kappa shape index (κ3) is 3.19. The van der Waals surface area contributed by atoms with Crippen molar-refractivity contribution < 1.29 is 0 Å². The van der Waals surface area contributed by atoms with Gasteiger partial charge in [-0.15, -0.1) is 0 Å². The highest BCUT2D eigenvalue weighted by Gasteiger charge is 2.12. The van der Waals surface area contributed by atoms with Crippen LogP contribution in [0.3, 0.4) is 0 Å². The molecule has 5 heteroatoms. The number of hydrogen-bond acceptors (Lipinski definition) is 3. The lowest BCUT2D eigenvalue weighted by molar-refractivity contribution is 0.725. The van der Waals surface area contributed by atoms with Crippen molar-refractivity contribution in [3.8, 4) is 5.69 Å². The molecule has 0 aliphatic heterocycles. The zero-order valence-electron chi connectivity index (χ0n) is 12.3. The maximum absolute atomic E-state index is 6.41. The van der Waals surface area contributed by atoms with Gasteiger partial charge in [0, 0.05) is 19.4 Å². The van der Waals surface area contributed by atoms with Gasteiger partial charge in [-0.1, -0.05) is 38.4 Å². The highest BCUT2D eigenvalue weighted by molar-refractivity contribution is 6.32. The first kappa shape index (κ1) is 15.0. The number of benzene rings is 1. The predicted molar refractivity (Wildman–Crippen MR) is 82.5 cm³/mol. The molecule has 1 aromatic heterocycles. The first-order chi connectivity index (χ1) is 9.69. The quantitative estimate of drug-likeness (QED) is 0.889. The van der Waals surface area contributed by atoms with E-state index in [1.54, 1.807) is 0 Å². The molecule has 0 spiro atoms. The average Bonchev–Trinajstić information content (AvgIpc) is 2.88. The molecule has 0 aliphatic rings. The summed E-state index contributed by atoms with van der Waals surface area (Å²) < 4.78 is 1.86. The van der Waals surface area contributed by atoms with Crippen molar-refractivity contribution in [2.45, 2.75) is 40.2 Å². The van der Waals surface area contributed by atoms with E-state index in [9.17, 15) is 0 Å². The Kier molecular flexibility index (Phi) is 5.15. The second kappa shape index (κ2) is 6.86. The summed E-state index contributed by atoms with van der Waals surface area (Å²) in [5.74, 6) is 1.80. The first-order valence-corrected chi connectivity index (χ1v) is 7.51. The lowest BCUT2D eigenvalue weighted by Crippen LogP contribution is -2.12. The van der Waals surface area contributed by atoms with Crippen LogP contribution in [0.2, 0.25) is 5.02 Å². The summed E-state index contributed by atoms with van der Waals surface area (Å²) >= 11 is 6.41. The molecule has 1 heterocycles. The molecule has 0 saturated carbocycles. The van der Waals surface area contributed by atoms with Gasteiger partial charge >= 0.3 is 0 Å². The second-order valence-electron chi connectivity index (χ2n) is 4.63. The Morgan fingerprint density at radius 3 is 2.60 bits per heavy atom. The summed E-state index contributed by atoms with van der Waals surface area (Å²) in [5, 5.41) is 8.53. The highest BCUT2D eigenvalue weighted by Crippen LogP contribution is 2.23. The van der Waals surface area contributed by atoms with E-state index in [-0.39, 0.29) is 0 Å². The van der Waals surface area contributed by atoms with E-state index in [1.165, 1.54) is 5.56 Å². The van der Waals surface area contributed by atoms with E-state index >= 15 is 0 Å². The fourth-order valence-corrected chi connectivity index (χ4v) is 2.35. The summed E-state index contributed by atoms with van der Waals surface area (Å²) in [4.78, 5) is 4.52. The van der Waals surface area contributed by atoms with Crippen molar-refractivity contribution in [1.82, 2.24) is 20.1 Å². The van der Waals surface area contributed by atoms with Gasteiger partial charge in [-0.3, -0.25) is 0 Å². The van der Waals surface area contributed by atoms with Crippen LogP contribution in [0.15, 0.2) is 18.2 Å².